The molecule has 0 amide bonds. The third-order valence-electron chi connectivity index (χ3n) is 5.61. The summed E-state index contributed by atoms with van der Waals surface area (Å²) in [7, 11) is 0. The molecule has 0 saturated carbocycles. The maximum atomic E-state index is 15.0. The molecule has 2 heterocycles. The Morgan fingerprint density at radius 2 is 1.56 bits per heavy atom. The molecule has 0 aliphatic carbocycles. The molecule has 0 radical (unpaired) electrons. The summed E-state index contributed by atoms with van der Waals surface area (Å²) in [6, 6.07) is 28.1. The van der Waals surface area contributed by atoms with Crippen molar-refractivity contribution in [2.24, 2.45) is 0 Å². The monoisotopic (exact) mass is 488 g/mol. The van der Waals surface area contributed by atoms with Gasteiger partial charge in [-0.05, 0) is 61.4 Å². The molecule has 5 rings (SSSR count). The topological polar surface area (TPSA) is 38.0 Å². The first-order chi connectivity index (χ1) is 16.3. The quantitative estimate of drug-likeness (QED) is 0.272. The van der Waals surface area contributed by atoms with Crippen LogP contribution < -0.4 is 0 Å². The van der Waals surface area contributed by atoms with Crippen LogP contribution in [0.15, 0.2) is 91.0 Å². The maximum Gasteiger partial charge on any atom is 0.131 e. The summed E-state index contributed by atoms with van der Waals surface area (Å²) in [5.41, 5.74) is 3.19. The normalized spacial score (nSPS) is 11.7. The van der Waals surface area contributed by atoms with Crippen LogP contribution in [0.25, 0.3) is 37.8 Å². The second kappa shape index (κ2) is 8.84. The van der Waals surface area contributed by atoms with Crippen molar-refractivity contribution < 1.29 is 9.50 Å². The number of nitrogens with zero attached hydrogens (tertiary/aromatic N) is 2. The smallest absolute Gasteiger partial charge is 0.131 e. The Balaban J connectivity index is 1.56. The third-order valence-corrected chi connectivity index (χ3v) is 7.09. The molecule has 3 aromatic carbocycles. The Labute approximate surface area is 206 Å². The highest BCUT2D eigenvalue weighted by molar-refractivity contribution is 7.18. The Morgan fingerprint density at radius 1 is 0.853 bits per heavy atom. The molecule has 170 valence electrons. The molecule has 0 unspecified atom stereocenters. The van der Waals surface area contributed by atoms with Crippen LogP contribution in [-0.4, -0.2) is 14.9 Å². The summed E-state index contributed by atoms with van der Waals surface area (Å²) < 4.78 is 16.7. The van der Waals surface area contributed by atoms with Crippen LogP contribution in [0.4, 0.5) is 4.39 Å². The first-order valence-electron chi connectivity index (χ1n) is 10.8. The second-order valence-electron chi connectivity index (χ2n) is 8.56. The summed E-state index contributed by atoms with van der Waals surface area (Å²) >= 11 is 8.00. The number of halogens is 2. The molecule has 0 atom stereocenters. The number of benzene rings is 3. The van der Waals surface area contributed by atoms with Crippen molar-refractivity contribution >= 4 is 22.9 Å². The van der Waals surface area contributed by atoms with Crippen LogP contribution in [0.5, 0.6) is 0 Å². The van der Waals surface area contributed by atoms with Crippen LogP contribution >= 0.6 is 22.9 Å². The first kappa shape index (κ1) is 22.5. The lowest BCUT2D eigenvalue weighted by Crippen LogP contribution is -2.16. The number of para-hydroxylation sites is 1. The highest BCUT2D eigenvalue weighted by Gasteiger charge is 2.24. The molecule has 2 aromatic heterocycles. The van der Waals surface area contributed by atoms with Gasteiger partial charge < -0.3 is 5.11 Å². The van der Waals surface area contributed by atoms with Gasteiger partial charge in [0.05, 0.1) is 27.0 Å². The van der Waals surface area contributed by atoms with E-state index in [0.717, 1.165) is 32.3 Å². The van der Waals surface area contributed by atoms with Gasteiger partial charge in [-0.25, -0.2) is 9.07 Å². The Morgan fingerprint density at radius 3 is 2.26 bits per heavy atom. The Hall–Kier alpha value is -3.25. The van der Waals surface area contributed by atoms with Gasteiger partial charge in [0.1, 0.15) is 11.4 Å². The summed E-state index contributed by atoms with van der Waals surface area (Å²) in [4.78, 5) is 1.87. The number of aliphatic hydroxyl groups is 1. The fourth-order valence-electron chi connectivity index (χ4n) is 3.81. The zero-order chi connectivity index (χ0) is 23.9. The Kier molecular flexibility index (Phi) is 5.86. The fraction of sp³-hybridized carbons (Fsp3) is 0.107. The number of aromatic nitrogens is 2. The molecule has 0 spiro atoms. The molecule has 0 bridgehead atoms. The average molecular weight is 489 g/mol. The largest absolute Gasteiger partial charge is 0.384 e. The maximum absolute atomic E-state index is 15.0. The molecular weight excluding hydrogens is 467 g/mol. The van der Waals surface area contributed by atoms with Gasteiger partial charge in [0.2, 0.25) is 0 Å². The number of hydrogen-bond donors (Lipinski definition) is 1. The molecule has 3 nitrogen and oxygen atoms in total. The highest BCUT2D eigenvalue weighted by Crippen LogP contribution is 2.39. The standard InChI is InChI=1S/C28H22ClFN2OS/c1-28(2,33)27-17-24(32(31-27)23-11-7-6-10-21(23)29)26-15-14-25(34-26)19-12-13-20(22(30)16-19)18-8-4-3-5-9-18/h3-17,33H,1-2H3. The van der Waals surface area contributed by atoms with Gasteiger partial charge in [-0.2, -0.15) is 5.10 Å². The van der Waals surface area contributed by atoms with Crippen LogP contribution in [0.1, 0.15) is 19.5 Å². The molecule has 0 aliphatic rings. The second-order valence-corrected chi connectivity index (χ2v) is 10.1. The molecular formula is C28H22ClFN2OS. The van der Waals surface area contributed by atoms with Crippen molar-refractivity contribution in [3.63, 3.8) is 0 Å². The van der Waals surface area contributed by atoms with E-state index in [4.69, 9.17) is 11.6 Å². The van der Waals surface area contributed by atoms with Crippen molar-refractivity contribution in [1.29, 1.82) is 0 Å². The minimum atomic E-state index is -1.11. The summed E-state index contributed by atoms with van der Waals surface area (Å²) in [5, 5.41) is 15.8. The fourth-order valence-corrected chi connectivity index (χ4v) is 5.03. The Bertz CT molecular complexity index is 1470. The van der Waals surface area contributed by atoms with E-state index in [2.05, 4.69) is 5.10 Å². The van der Waals surface area contributed by atoms with Crippen molar-refractivity contribution in [2.75, 3.05) is 0 Å². The number of hydrogen-bond acceptors (Lipinski definition) is 3. The van der Waals surface area contributed by atoms with Crippen LogP contribution in [0.2, 0.25) is 5.02 Å². The summed E-state index contributed by atoms with van der Waals surface area (Å²) in [6.45, 7) is 3.40. The molecule has 0 saturated heterocycles. The number of rotatable bonds is 5. The van der Waals surface area contributed by atoms with Crippen LogP contribution in [0, 0.1) is 5.82 Å². The minimum Gasteiger partial charge on any atom is -0.384 e. The molecule has 6 heteroatoms. The lowest BCUT2D eigenvalue weighted by Gasteiger charge is -2.13. The van der Waals surface area contributed by atoms with E-state index in [1.54, 1.807) is 24.6 Å². The van der Waals surface area contributed by atoms with Gasteiger partial charge in [0, 0.05) is 10.4 Å². The van der Waals surface area contributed by atoms with E-state index in [-0.39, 0.29) is 5.82 Å². The van der Waals surface area contributed by atoms with Gasteiger partial charge >= 0.3 is 0 Å². The zero-order valence-electron chi connectivity index (χ0n) is 18.7. The first-order valence-corrected chi connectivity index (χ1v) is 12.0. The van der Waals surface area contributed by atoms with Gasteiger partial charge in [0.25, 0.3) is 0 Å². The lowest BCUT2D eigenvalue weighted by atomic mass is 10.0. The van der Waals surface area contributed by atoms with E-state index < -0.39 is 5.60 Å². The predicted molar refractivity (Wildman–Crippen MR) is 138 cm³/mol. The van der Waals surface area contributed by atoms with Crippen LogP contribution in [-0.2, 0) is 5.60 Å². The molecule has 0 aliphatic heterocycles. The van der Waals surface area contributed by atoms with Crippen molar-refractivity contribution in [2.45, 2.75) is 19.4 Å². The molecule has 0 fully saturated rings. The zero-order valence-corrected chi connectivity index (χ0v) is 20.2. The third kappa shape index (κ3) is 4.30. The summed E-state index contributed by atoms with van der Waals surface area (Å²) in [6.07, 6.45) is 0. The van der Waals surface area contributed by atoms with Crippen molar-refractivity contribution in [3.8, 4) is 37.8 Å². The van der Waals surface area contributed by atoms with Gasteiger partial charge in [-0.1, -0.05) is 66.2 Å². The van der Waals surface area contributed by atoms with Gasteiger partial charge in [-0.3, -0.25) is 0 Å². The van der Waals surface area contributed by atoms with E-state index in [9.17, 15) is 9.50 Å². The number of thiophene rings is 1. The van der Waals surface area contributed by atoms with Crippen molar-refractivity contribution in [3.05, 3.63) is 108 Å². The molecule has 34 heavy (non-hydrogen) atoms. The SMILES string of the molecule is CC(C)(O)c1cc(-c2ccc(-c3ccc(-c4ccccc4)c(F)c3)s2)n(-c2ccccc2Cl)n1. The van der Waals surface area contributed by atoms with E-state index in [1.165, 1.54) is 11.3 Å². The molecule has 5 aromatic rings. The highest BCUT2D eigenvalue weighted by atomic mass is 35.5. The van der Waals surface area contributed by atoms with Gasteiger partial charge in [0.15, 0.2) is 0 Å². The van der Waals surface area contributed by atoms with E-state index >= 15 is 0 Å². The lowest BCUT2D eigenvalue weighted by molar-refractivity contribution is 0.0734. The van der Waals surface area contributed by atoms with Crippen LogP contribution in [0.3, 0.4) is 0 Å². The average Bonchev–Trinajstić information content (AvgIpc) is 3.47. The van der Waals surface area contributed by atoms with E-state index in [0.29, 0.717) is 16.3 Å². The van der Waals surface area contributed by atoms with Gasteiger partial charge in [-0.15, -0.1) is 11.3 Å². The van der Waals surface area contributed by atoms with Crippen molar-refractivity contribution in [1.82, 2.24) is 9.78 Å². The molecule has 1 N–H and O–H groups in total. The summed E-state index contributed by atoms with van der Waals surface area (Å²) in [5.74, 6) is -0.260. The minimum absolute atomic E-state index is 0.260. The predicted octanol–water partition coefficient (Wildman–Crippen LogP) is 7.95. The van der Waals surface area contributed by atoms with E-state index in [1.807, 2.05) is 84.9 Å².